The molecule has 2 aromatic carbocycles. The third kappa shape index (κ3) is 3.06. The van der Waals surface area contributed by atoms with Crippen molar-refractivity contribution in [1.82, 2.24) is 0 Å². The summed E-state index contributed by atoms with van der Waals surface area (Å²) in [5, 5.41) is 5.53. The molecule has 0 fully saturated rings. The Kier molecular flexibility index (Phi) is 4.18. The van der Waals surface area contributed by atoms with Gasteiger partial charge in [0.15, 0.2) is 0 Å². The van der Waals surface area contributed by atoms with Gasteiger partial charge < -0.3 is 4.84 Å². The fourth-order valence-electron chi connectivity index (χ4n) is 1.92. The van der Waals surface area contributed by atoms with Crippen LogP contribution in [0.25, 0.3) is 10.1 Å². The van der Waals surface area contributed by atoms with E-state index in [1.54, 1.807) is 24.4 Å². The Morgan fingerprint density at radius 3 is 2.71 bits per heavy atom. The summed E-state index contributed by atoms with van der Waals surface area (Å²) >= 11 is 7.82. The first kappa shape index (κ1) is 14.0. The van der Waals surface area contributed by atoms with Crippen LogP contribution in [0.15, 0.2) is 53.7 Å². The molecule has 3 aromatic rings. The van der Waals surface area contributed by atoms with Gasteiger partial charge in [0.1, 0.15) is 12.4 Å². The van der Waals surface area contributed by atoms with Crippen molar-refractivity contribution in [3.05, 3.63) is 69.8 Å². The molecule has 1 heterocycles. The molecule has 21 heavy (non-hydrogen) atoms. The molecule has 3 rings (SSSR count). The van der Waals surface area contributed by atoms with E-state index in [4.69, 9.17) is 16.4 Å². The second kappa shape index (κ2) is 6.24. The quantitative estimate of drug-likeness (QED) is 0.476. The van der Waals surface area contributed by atoms with Gasteiger partial charge in [-0.1, -0.05) is 53.2 Å². The molecule has 0 unspecified atom stereocenters. The Morgan fingerprint density at radius 2 is 1.90 bits per heavy atom. The van der Waals surface area contributed by atoms with Crippen LogP contribution in [0.2, 0.25) is 5.02 Å². The number of hydrogen-bond donors (Lipinski definition) is 0. The fourth-order valence-corrected chi connectivity index (χ4v) is 3.27. The minimum atomic E-state index is -0.299. The van der Waals surface area contributed by atoms with Gasteiger partial charge in [-0.15, -0.1) is 11.3 Å². The van der Waals surface area contributed by atoms with E-state index < -0.39 is 0 Å². The SMILES string of the molecule is Fc1ccccc1CO/N=C/c1sc2ccccc2c1Cl. The second-order valence-corrected chi connectivity index (χ2v) is 5.84. The van der Waals surface area contributed by atoms with Gasteiger partial charge >= 0.3 is 0 Å². The van der Waals surface area contributed by atoms with Crippen LogP contribution in [0, 0.1) is 5.82 Å². The average molecular weight is 320 g/mol. The van der Waals surface area contributed by atoms with Crippen molar-refractivity contribution in [2.45, 2.75) is 6.61 Å². The minimum absolute atomic E-state index is 0.0890. The Hall–Kier alpha value is -1.91. The smallest absolute Gasteiger partial charge is 0.145 e. The lowest BCUT2D eigenvalue weighted by Gasteiger charge is -2.00. The monoisotopic (exact) mass is 319 g/mol. The molecule has 0 spiro atoms. The number of halogens is 2. The number of thiophene rings is 1. The van der Waals surface area contributed by atoms with Crippen LogP contribution in [0.1, 0.15) is 10.4 Å². The third-order valence-corrected chi connectivity index (χ3v) is 4.61. The van der Waals surface area contributed by atoms with E-state index in [0.29, 0.717) is 10.6 Å². The standard InChI is InChI=1S/C16H11ClFNOS/c17-16-12-6-2-4-8-14(12)21-15(16)9-19-20-10-11-5-1-3-7-13(11)18/h1-9H,10H2/b19-9+. The summed E-state index contributed by atoms with van der Waals surface area (Å²) in [5.74, 6) is -0.299. The molecule has 5 heteroatoms. The van der Waals surface area contributed by atoms with Crippen molar-refractivity contribution in [2.75, 3.05) is 0 Å². The summed E-state index contributed by atoms with van der Waals surface area (Å²) in [6.07, 6.45) is 1.56. The first-order chi connectivity index (χ1) is 10.3. The summed E-state index contributed by atoms with van der Waals surface area (Å²) in [7, 11) is 0. The first-order valence-electron chi connectivity index (χ1n) is 6.31. The molecule has 2 nitrogen and oxygen atoms in total. The van der Waals surface area contributed by atoms with E-state index >= 15 is 0 Å². The first-order valence-corrected chi connectivity index (χ1v) is 7.51. The van der Waals surface area contributed by atoms with Crippen LogP contribution >= 0.6 is 22.9 Å². The minimum Gasteiger partial charge on any atom is -0.391 e. The summed E-state index contributed by atoms with van der Waals surface area (Å²) in [6.45, 7) is 0.0890. The van der Waals surface area contributed by atoms with Gasteiger partial charge in [-0.2, -0.15) is 0 Å². The number of oxime groups is 1. The lowest BCUT2D eigenvalue weighted by molar-refractivity contribution is 0.129. The molecule has 0 aliphatic rings. The number of fused-ring (bicyclic) bond motifs is 1. The Bertz CT molecular complexity index is 800. The van der Waals surface area contributed by atoms with Crippen LogP contribution in [0.5, 0.6) is 0 Å². The van der Waals surface area contributed by atoms with Crippen molar-refractivity contribution >= 4 is 39.2 Å². The molecule has 0 atom stereocenters. The maximum atomic E-state index is 13.4. The van der Waals surface area contributed by atoms with Crippen LogP contribution in [0.3, 0.4) is 0 Å². The normalized spacial score (nSPS) is 11.3. The Balaban J connectivity index is 1.71. The van der Waals surface area contributed by atoms with E-state index in [0.717, 1.165) is 15.0 Å². The van der Waals surface area contributed by atoms with Gasteiger partial charge in [0.25, 0.3) is 0 Å². The van der Waals surface area contributed by atoms with Crippen molar-refractivity contribution in [1.29, 1.82) is 0 Å². The molecular weight excluding hydrogens is 309 g/mol. The fraction of sp³-hybridized carbons (Fsp3) is 0.0625. The highest BCUT2D eigenvalue weighted by atomic mass is 35.5. The molecule has 0 saturated carbocycles. The molecule has 0 aliphatic carbocycles. The lowest BCUT2D eigenvalue weighted by atomic mass is 10.2. The van der Waals surface area contributed by atoms with E-state index in [1.165, 1.54) is 17.4 Å². The summed E-state index contributed by atoms with van der Waals surface area (Å²) < 4.78 is 14.5. The summed E-state index contributed by atoms with van der Waals surface area (Å²) in [6, 6.07) is 14.3. The maximum Gasteiger partial charge on any atom is 0.145 e. The van der Waals surface area contributed by atoms with Crippen LogP contribution < -0.4 is 0 Å². The van der Waals surface area contributed by atoms with Gasteiger partial charge in [-0.3, -0.25) is 0 Å². The predicted molar refractivity (Wildman–Crippen MR) is 85.6 cm³/mol. The zero-order valence-corrected chi connectivity index (χ0v) is 12.5. The largest absolute Gasteiger partial charge is 0.391 e. The molecular formula is C16H11ClFNOS. The average Bonchev–Trinajstić information content (AvgIpc) is 2.82. The molecule has 0 saturated heterocycles. The highest BCUT2D eigenvalue weighted by molar-refractivity contribution is 7.21. The number of hydrogen-bond acceptors (Lipinski definition) is 3. The van der Waals surface area contributed by atoms with Crippen molar-refractivity contribution in [3.63, 3.8) is 0 Å². The second-order valence-electron chi connectivity index (χ2n) is 4.38. The topological polar surface area (TPSA) is 21.6 Å². The van der Waals surface area contributed by atoms with E-state index in [2.05, 4.69) is 5.16 Å². The van der Waals surface area contributed by atoms with Crippen LogP contribution in [0.4, 0.5) is 4.39 Å². The molecule has 0 radical (unpaired) electrons. The van der Waals surface area contributed by atoms with E-state index in [-0.39, 0.29) is 12.4 Å². The van der Waals surface area contributed by atoms with Crippen molar-refractivity contribution in [2.24, 2.45) is 5.16 Å². The van der Waals surface area contributed by atoms with E-state index in [1.807, 2.05) is 24.3 Å². The van der Waals surface area contributed by atoms with Gasteiger partial charge in [-0.05, 0) is 12.1 Å². The van der Waals surface area contributed by atoms with Crippen molar-refractivity contribution < 1.29 is 9.23 Å². The number of rotatable bonds is 4. The van der Waals surface area contributed by atoms with Crippen LogP contribution in [-0.4, -0.2) is 6.21 Å². The Morgan fingerprint density at radius 1 is 1.14 bits per heavy atom. The zero-order valence-electron chi connectivity index (χ0n) is 10.9. The number of nitrogens with zero attached hydrogens (tertiary/aromatic N) is 1. The Labute approximate surface area is 130 Å². The molecule has 0 bridgehead atoms. The summed E-state index contributed by atoms with van der Waals surface area (Å²) in [4.78, 5) is 5.96. The molecule has 106 valence electrons. The van der Waals surface area contributed by atoms with Gasteiger partial charge in [0, 0.05) is 15.6 Å². The van der Waals surface area contributed by atoms with Gasteiger partial charge in [0.2, 0.25) is 0 Å². The zero-order chi connectivity index (χ0) is 14.7. The van der Waals surface area contributed by atoms with Gasteiger partial charge in [-0.25, -0.2) is 4.39 Å². The molecule has 0 N–H and O–H groups in total. The van der Waals surface area contributed by atoms with Crippen molar-refractivity contribution in [3.8, 4) is 0 Å². The third-order valence-electron chi connectivity index (χ3n) is 2.98. The lowest BCUT2D eigenvalue weighted by Crippen LogP contribution is -1.91. The highest BCUT2D eigenvalue weighted by Crippen LogP contribution is 2.33. The molecule has 1 aromatic heterocycles. The number of benzene rings is 2. The summed E-state index contributed by atoms with van der Waals surface area (Å²) in [5.41, 5.74) is 0.470. The van der Waals surface area contributed by atoms with Crippen LogP contribution in [-0.2, 0) is 11.4 Å². The molecule has 0 aliphatic heterocycles. The highest BCUT2D eigenvalue weighted by Gasteiger charge is 2.07. The van der Waals surface area contributed by atoms with E-state index in [9.17, 15) is 4.39 Å². The van der Waals surface area contributed by atoms with Gasteiger partial charge in [0.05, 0.1) is 16.1 Å². The molecule has 0 amide bonds. The maximum absolute atomic E-state index is 13.4. The predicted octanol–water partition coefficient (Wildman–Crippen LogP) is 5.24.